The Morgan fingerprint density at radius 2 is 2.07 bits per heavy atom. The molecular weight excluding hydrogens is 256 g/mol. The van der Waals surface area contributed by atoms with Crippen molar-refractivity contribution in [2.45, 2.75) is 0 Å². The fourth-order valence-corrected chi connectivity index (χ4v) is 2.05. The highest BCUT2D eigenvalue weighted by atomic mass is 79.9. The van der Waals surface area contributed by atoms with Gasteiger partial charge in [-0.05, 0) is 40.2 Å². The highest BCUT2D eigenvalue weighted by Gasteiger charge is 2.07. The van der Waals surface area contributed by atoms with E-state index in [4.69, 9.17) is 0 Å². The number of phenolic OH excluding ortho intramolecular Hbond substituents is 1. The van der Waals surface area contributed by atoms with E-state index in [0.29, 0.717) is 0 Å². The van der Waals surface area contributed by atoms with Crippen molar-refractivity contribution in [2.75, 3.05) is 0 Å². The van der Waals surface area contributed by atoms with E-state index >= 15 is 0 Å². The lowest BCUT2D eigenvalue weighted by atomic mass is 10.3. The van der Waals surface area contributed by atoms with Crippen LogP contribution in [0.25, 0.3) is 16.7 Å². The number of para-hydroxylation sites is 1. The molecule has 3 rings (SSSR count). The number of pyridine rings is 1. The first kappa shape index (κ1) is 8.73. The average Bonchev–Trinajstić information content (AvgIpc) is 2.57. The van der Waals surface area contributed by atoms with Gasteiger partial charge in [0.15, 0.2) is 0 Å². The fraction of sp³-hybridized carbons (Fsp3) is 0. The molecule has 74 valence electrons. The SMILES string of the molecule is Oc1cccc2nc3ccc(Br)cn3c12. The maximum Gasteiger partial charge on any atom is 0.141 e. The number of hydrogen-bond acceptors (Lipinski definition) is 2. The van der Waals surface area contributed by atoms with Crippen molar-refractivity contribution in [3.05, 3.63) is 41.0 Å². The number of benzene rings is 1. The van der Waals surface area contributed by atoms with E-state index in [0.717, 1.165) is 21.2 Å². The van der Waals surface area contributed by atoms with E-state index in [9.17, 15) is 5.11 Å². The molecule has 3 nitrogen and oxygen atoms in total. The fourth-order valence-electron chi connectivity index (χ4n) is 1.72. The standard InChI is InChI=1S/C11H7BrN2O/c12-7-4-5-10-13-8-2-1-3-9(15)11(8)14(10)6-7/h1-6,15H. The van der Waals surface area contributed by atoms with Gasteiger partial charge < -0.3 is 5.11 Å². The molecule has 2 aromatic heterocycles. The molecule has 0 fully saturated rings. The molecule has 1 N–H and O–H groups in total. The van der Waals surface area contributed by atoms with Crippen LogP contribution in [0.1, 0.15) is 0 Å². The Balaban J connectivity index is 2.61. The van der Waals surface area contributed by atoms with Crippen LogP contribution >= 0.6 is 15.9 Å². The number of halogens is 1. The van der Waals surface area contributed by atoms with Crippen LogP contribution in [0.2, 0.25) is 0 Å². The van der Waals surface area contributed by atoms with Gasteiger partial charge in [0.25, 0.3) is 0 Å². The van der Waals surface area contributed by atoms with Crippen molar-refractivity contribution in [1.29, 1.82) is 0 Å². The molecule has 3 aromatic rings. The monoisotopic (exact) mass is 262 g/mol. The average molecular weight is 263 g/mol. The third-order valence-electron chi connectivity index (χ3n) is 2.36. The Kier molecular flexibility index (Phi) is 1.73. The molecule has 0 radical (unpaired) electrons. The Bertz CT molecular complexity index is 660. The molecular formula is C11H7BrN2O. The summed E-state index contributed by atoms with van der Waals surface area (Å²) in [6, 6.07) is 9.17. The normalized spacial score (nSPS) is 11.3. The van der Waals surface area contributed by atoms with Crippen molar-refractivity contribution >= 4 is 32.6 Å². The summed E-state index contributed by atoms with van der Waals surface area (Å²) in [6.45, 7) is 0. The topological polar surface area (TPSA) is 37.5 Å². The van der Waals surface area contributed by atoms with Gasteiger partial charge in [0.1, 0.15) is 16.9 Å². The Hall–Kier alpha value is -1.55. The van der Waals surface area contributed by atoms with Crippen LogP contribution in [0.4, 0.5) is 0 Å². The molecule has 0 unspecified atom stereocenters. The van der Waals surface area contributed by atoms with E-state index in [1.165, 1.54) is 0 Å². The van der Waals surface area contributed by atoms with Gasteiger partial charge in [-0.2, -0.15) is 0 Å². The number of aromatic hydroxyl groups is 1. The highest BCUT2D eigenvalue weighted by Crippen LogP contribution is 2.26. The third-order valence-corrected chi connectivity index (χ3v) is 2.83. The smallest absolute Gasteiger partial charge is 0.141 e. The van der Waals surface area contributed by atoms with Crippen molar-refractivity contribution < 1.29 is 5.11 Å². The van der Waals surface area contributed by atoms with Crippen LogP contribution in [-0.2, 0) is 0 Å². The van der Waals surface area contributed by atoms with Gasteiger partial charge in [-0.1, -0.05) is 6.07 Å². The molecule has 0 spiro atoms. The molecule has 0 aliphatic carbocycles. The Labute approximate surface area is 94.1 Å². The molecule has 0 bridgehead atoms. The first-order chi connectivity index (χ1) is 7.25. The Morgan fingerprint density at radius 1 is 1.20 bits per heavy atom. The summed E-state index contributed by atoms with van der Waals surface area (Å²) in [5, 5.41) is 9.77. The van der Waals surface area contributed by atoms with Crippen molar-refractivity contribution in [3.63, 3.8) is 0 Å². The van der Waals surface area contributed by atoms with Gasteiger partial charge in [0.05, 0.1) is 5.52 Å². The lowest BCUT2D eigenvalue weighted by molar-refractivity contribution is 0.480. The van der Waals surface area contributed by atoms with Crippen LogP contribution in [0.5, 0.6) is 5.75 Å². The first-order valence-electron chi connectivity index (χ1n) is 4.51. The zero-order valence-corrected chi connectivity index (χ0v) is 9.27. The van der Waals surface area contributed by atoms with E-state index in [-0.39, 0.29) is 5.75 Å². The Morgan fingerprint density at radius 3 is 2.93 bits per heavy atom. The molecule has 0 aliphatic heterocycles. The summed E-state index contributed by atoms with van der Waals surface area (Å²) >= 11 is 3.40. The summed E-state index contributed by atoms with van der Waals surface area (Å²) in [6.07, 6.45) is 1.89. The van der Waals surface area contributed by atoms with Gasteiger partial charge in [0.2, 0.25) is 0 Å². The molecule has 0 atom stereocenters. The van der Waals surface area contributed by atoms with E-state index < -0.39 is 0 Å². The minimum atomic E-state index is 0.248. The lowest BCUT2D eigenvalue weighted by Crippen LogP contribution is -1.83. The summed E-state index contributed by atoms with van der Waals surface area (Å²) in [7, 11) is 0. The van der Waals surface area contributed by atoms with Crippen LogP contribution < -0.4 is 0 Å². The first-order valence-corrected chi connectivity index (χ1v) is 5.30. The van der Waals surface area contributed by atoms with Gasteiger partial charge in [0, 0.05) is 10.7 Å². The number of imidazole rings is 1. The molecule has 2 heterocycles. The number of fused-ring (bicyclic) bond motifs is 3. The molecule has 4 heteroatoms. The number of phenols is 1. The van der Waals surface area contributed by atoms with Gasteiger partial charge in [-0.3, -0.25) is 4.40 Å². The predicted octanol–water partition coefficient (Wildman–Crippen LogP) is 2.96. The van der Waals surface area contributed by atoms with Gasteiger partial charge >= 0.3 is 0 Å². The summed E-state index contributed by atoms with van der Waals surface area (Å²) in [4.78, 5) is 4.40. The lowest BCUT2D eigenvalue weighted by Gasteiger charge is -1.98. The molecule has 0 saturated carbocycles. The quantitative estimate of drug-likeness (QED) is 0.677. The molecule has 0 saturated heterocycles. The number of aromatic nitrogens is 2. The summed E-state index contributed by atoms with van der Waals surface area (Å²) in [5.74, 6) is 0.248. The molecule has 1 aromatic carbocycles. The number of nitrogens with zero attached hydrogens (tertiary/aromatic N) is 2. The van der Waals surface area contributed by atoms with Crippen molar-refractivity contribution in [3.8, 4) is 5.75 Å². The van der Waals surface area contributed by atoms with Crippen molar-refractivity contribution in [1.82, 2.24) is 9.38 Å². The van der Waals surface area contributed by atoms with Crippen LogP contribution in [0, 0.1) is 0 Å². The minimum Gasteiger partial charge on any atom is -0.506 e. The summed E-state index contributed by atoms with van der Waals surface area (Å²) < 4.78 is 2.83. The largest absolute Gasteiger partial charge is 0.506 e. The maximum absolute atomic E-state index is 9.77. The third kappa shape index (κ3) is 1.22. The second kappa shape index (κ2) is 2.97. The van der Waals surface area contributed by atoms with E-state index in [1.807, 2.05) is 28.8 Å². The molecule has 15 heavy (non-hydrogen) atoms. The van der Waals surface area contributed by atoms with Crippen molar-refractivity contribution in [2.24, 2.45) is 0 Å². The highest BCUT2D eigenvalue weighted by molar-refractivity contribution is 9.10. The van der Waals surface area contributed by atoms with Crippen LogP contribution in [0.3, 0.4) is 0 Å². The van der Waals surface area contributed by atoms with E-state index in [2.05, 4.69) is 20.9 Å². The second-order valence-corrected chi connectivity index (χ2v) is 4.25. The number of rotatable bonds is 0. The van der Waals surface area contributed by atoms with E-state index in [1.54, 1.807) is 12.1 Å². The zero-order valence-electron chi connectivity index (χ0n) is 7.68. The second-order valence-electron chi connectivity index (χ2n) is 3.33. The molecule has 0 amide bonds. The summed E-state index contributed by atoms with van der Waals surface area (Å²) in [5.41, 5.74) is 2.37. The minimum absolute atomic E-state index is 0.248. The number of hydrogen-bond donors (Lipinski definition) is 1. The predicted molar refractivity (Wildman–Crippen MR) is 62.1 cm³/mol. The van der Waals surface area contributed by atoms with Crippen LogP contribution in [0.15, 0.2) is 41.0 Å². The maximum atomic E-state index is 9.77. The van der Waals surface area contributed by atoms with Gasteiger partial charge in [-0.25, -0.2) is 4.98 Å². The molecule has 0 aliphatic rings. The zero-order chi connectivity index (χ0) is 10.4. The van der Waals surface area contributed by atoms with Crippen LogP contribution in [-0.4, -0.2) is 14.5 Å². The van der Waals surface area contributed by atoms with Gasteiger partial charge in [-0.15, -0.1) is 0 Å².